The van der Waals surface area contributed by atoms with Crippen LogP contribution < -0.4 is 5.32 Å². The molecule has 0 bridgehead atoms. The van der Waals surface area contributed by atoms with E-state index in [2.05, 4.69) is 5.32 Å². The van der Waals surface area contributed by atoms with E-state index in [4.69, 9.17) is 0 Å². The molecule has 1 rings (SSSR count). The number of carbonyl (C=O) groups is 1. The van der Waals surface area contributed by atoms with Crippen molar-refractivity contribution in [2.24, 2.45) is 11.3 Å². The molecule has 1 N–H and O–H groups in total. The van der Waals surface area contributed by atoms with Gasteiger partial charge >= 0.3 is 5.92 Å². The zero-order valence-corrected chi connectivity index (χ0v) is 7.45. The van der Waals surface area contributed by atoms with Gasteiger partial charge in [0.25, 0.3) is 5.91 Å². The standard InChI is InChI=1S/C8H13F2NO/c1-7(2,3)5-4-11-6(12)8(5,9)10/h5H,4H2,1-3H3,(H,11,12). The molecule has 1 atom stereocenters. The first-order valence-corrected chi connectivity index (χ1v) is 3.92. The average Bonchev–Trinajstić information content (AvgIpc) is 2.06. The lowest BCUT2D eigenvalue weighted by Crippen LogP contribution is -2.39. The lowest BCUT2D eigenvalue weighted by atomic mass is 9.78. The summed E-state index contributed by atoms with van der Waals surface area (Å²) in [6.45, 7) is 5.22. The summed E-state index contributed by atoms with van der Waals surface area (Å²) in [4.78, 5) is 10.7. The molecule has 1 fully saturated rings. The minimum atomic E-state index is -3.20. The Hall–Kier alpha value is -0.670. The number of hydrogen-bond acceptors (Lipinski definition) is 1. The van der Waals surface area contributed by atoms with Crippen molar-refractivity contribution in [1.29, 1.82) is 0 Å². The van der Waals surface area contributed by atoms with E-state index in [9.17, 15) is 13.6 Å². The molecule has 0 aromatic heterocycles. The molecule has 1 saturated heterocycles. The van der Waals surface area contributed by atoms with Crippen LogP contribution >= 0.6 is 0 Å². The lowest BCUT2D eigenvalue weighted by Gasteiger charge is -2.29. The van der Waals surface area contributed by atoms with E-state index in [0.29, 0.717) is 0 Å². The van der Waals surface area contributed by atoms with Gasteiger partial charge in [-0.15, -0.1) is 0 Å². The van der Waals surface area contributed by atoms with Gasteiger partial charge in [-0.2, -0.15) is 8.78 Å². The maximum atomic E-state index is 13.1. The second-order valence-electron chi connectivity index (χ2n) is 4.25. The van der Waals surface area contributed by atoms with Crippen LogP contribution in [0.3, 0.4) is 0 Å². The van der Waals surface area contributed by atoms with E-state index in [0.717, 1.165) is 0 Å². The van der Waals surface area contributed by atoms with Crippen LogP contribution in [0.2, 0.25) is 0 Å². The van der Waals surface area contributed by atoms with Crippen LogP contribution in [0.1, 0.15) is 20.8 Å². The number of alkyl halides is 2. The van der Waals surface area contributed by atoms with E-state index in [1.165, 1.54) is 0 Å². The second kappa shape index (κ2) is 2.41. The van der Waals surface area contributed by atoms with Gasteiger partial charge in [-0.05, 0) is 5.41 Å². The minimum absolute atomic E-state index is 0.0787. The highest BCUT2D eigenvalue weighted by molar-refractivity contribution is 5.86. The Kier molecular flexibility index (Phi) is 1.89. The lowest BCUT2D eigenvalue weighted by molar-refractivity contribution is -0.149. The summed E-state index contributed by atoms with van der Waals surface area (Å²) in [5, 5.41) is 2.18. The predicted molar refractivity (Wildman–Crippen MR) is 40.9 cm³/mol. The van der Waals surface area contributed by atoms with Gasteiger partial charge < -0.3 is 5.32 Å². The van der Waals surface area contributed by atoms with Crippen molar-refractivity contribution in [2.75, 3.05) is 6.54 Å². The maximum absolute atomic E-state index is 13.1. The molecule has 0 radical (unpaired) electrons. The number of hydrogen-bond donors (Lipinski definition) is 1. The third-order valence-electron chi connectivity index (χ3n) is 2.25. The summed E-state index contributed by atoms with van der Waals surface area (Å²) in [6, 6.07) is 0. The molecule has 1 aliphatic heterocycles. The number of nitrogens with one attached hydrogen (secondary N) is 1. The molecular weight excluding hydrogens is 164 g/mol. The number of amides is 1. The molecule has 0 aliphatic carbocycles. The van der Waals surface area contributed by atoms with Gasteiger partial charge in [0, 0.05) is 6.54 Å². The Morgan fingerprint density at radius 2 is 2.00 bits per heavy atom. The Morgan fingerprint density at radius 1 is 1.50 bits per heavy atom. The third-order valence-corrected chi connectivity index (χ3v) is 2.25. The predicted octanol–water partition coefficient (Wildman–Crippen LogP) is 1.41. The fraction of sp³-hybridized carbons (Fsp3) is 0.875. The van der Waals surface area contributed by atoms with Crippen LogP contribution in [-0.2, 0) is 4.79 Å². The molecule has 0 aromatic rings. The van der Waals surface area contributed by atoms with Crippen molar-refractivity contribution in [3.8, 4) is 0 Å². The maximum Gasteiger partial charge on any atom is 0.329 e. The summed E-state index contributed by atoms with van der Waals surface area (Å²) in [7, 11) is 0. The highest BCUT2D eigenvalue weighted by atomic mass is 19.3. The summed E-state index contributed by atoms with van der Waals surface area (Å²) < 4.78 is 26.2. The largest absolute Gasteiger partial charge is 0.350 e. The molecule has 4 heteroatoms. The molecule has 2 nitrogen and oxygen atoms in total. The summed E-state index contributed by atoms with van der Waals surface area (Å²) in [5.74, 6) is -5.22. The smallest absolute Gasteiger partial charge is 0.329 e. The Labute approximate surface area is 70.3 Å². The second-order valence-corrected chi connectivity index (χ2v) is 4.25. The third kappa shape index (κ3) is 1.30. The van der Waals surface area contributed by atoms with Gasteiger partial charge in [-0.1, -0.05) is 20.8 Å². The molecule has 0 spiro atoms. The van der Waals surface area contributed by atoms with Crippen molar-refractivity contribution >= 4 is 5.91 Å². The highest BCUT2D eigenvalue weighted by Crippen LogP contribution is 2.41. The monoisotopic (exact) mass is 177 g/mol. The van der Waals surface area contributed by atoms with Gasteiger partial charge in [0.1, 0.15) is 0 Å². The molecule has 1 unspecified atom stereocenters. The zero-order chi connectivity index (χ0) is 9.57. The summed E-state index contributed by atoms with van der Waals surface area (Å²) >= 11 is 0. The van der Waals surface area contributed by atoms with E-state index < -0.39 is 23.2 Å². The SMILES string of the molecule is CC(C)(C)C1CNC(=O)C1(F)F. The molecule has 0 saturated carbocycles. The molecule has 1 heterocycles. The first-order valence-electron chi connectivity index (χ1n) is 3.92. The molecule has 70 valence electrons. The molecular formula is C8H13F2NO. The zero-order valence-electron chi connectivity index (χ0n) is 7.45. The highest BCUT2D eigenvalue weighted by Gasteiger charge is 2.56. The Balaban J connectivity index is 2.89. The normalized spacial score (nSPS) is 28.8. The van der Waals surface area contributed by atoms with E-state index >= 15 is 0 Å². The van der Waals surface area contributed by atoms with Crippen molar-refractivity contribution in [3.05, 3.63) is 0 Å². The van der Waals surface area contributed by atoms with E-state index in [1.54, 1.807) is 20.8 Å². The van der Waals surface area contributed by atoms with Crippen molar-refractivity contribution in [2.45, 2.75) is 26.7 Å². The number of halogens is 2. The van der Waals surface area contributed by atoms with E-state index in [1.807, 2.05) is 0 Å². The Bertz CT molecular complexity index is 208. The summed E-state index contributed by atoms with van der Waals surface area (Å²) in [5.41, 5.74) is -0.539. The Morgan fingerprint density at radius 3 is 2.17 bits per heavy atom. The van der Waals surface area contributed by atoms with Crippen LogP contribution in [0.15, 0.2) is 0 Å². The van der Waals surface area contributed by atoms with Crippen LogP contribution in [-0.4, -0.2) is 18.4 Å². The van der Waals surface area contributed by atoms with Crippen LogP contribution in [0, 0.1) is 11.3 Å². The summed E-state index contributed by atoms with van der Waals surface area (Å²) in [6.07, 6.45) is 0. The minimum Gasteiger partial charge on any atom is -0.350 e. The topological polar surface area (TPSA) is 29.1 Å². The van der Waals surface area contributed by atoms with Gasteiger partial charge in [0.2, 0.25) is 0 Å². The van der Waals surface area contributed by atoms with Crippen LogP contribution in [0.4, 0.5) is 8.78 Å². The van der Waals surface area contributed by atoms with Crippen molar-refractivity contribution in [3.63, 3.8) is 0 Å². The molecule has 1 amide bonds. The van der Waals surface area contributed by atoms with Gasteiger partial charge in [0.05, 0.1) is 5.92 Å². The molecule has 12 heavy (non-hydrogen) atoms. The van der Waals surface area contributed by atoms with Crippen LogP contribution in [0.25, 0.3) is 0 Å². The van der Waals surface area contributed by atoms with Crippen molar-refractivity contribution < 1.29 is 13.6 Å². The number of carbonyl (C=O) groups excluding carboxylic acids is 1. The molecule has 0 aromatic carbocycles. The fourth-order valence-electron chi connectivity index (χ4n) is 1.45. The first-order chi connectivity index (χ1) is 5.26. The van der Waals surface area contributed by atoms with Gasteiger partial charge in [-0.3, -0.25) is 4.79 Å². The fourth-order valence-corrected chi connectivity index (χ4v) is 1.45. The van der Waals surface area contributed by atoms with Gasteiger partial charge in [0.15, 0.2) is 0 Å². The number of rotatable bonds is 0. The first kappa shape index (κ1) is 9.42. The van der Waals surface area contributed by atoms with Crippen LogP contribution in [0.5, 0.6) is 0 Å². The van der Waals surface area contributed by atoms with Crippen molar-refractivity contribution in [1.82, 2.24) is 5.32 Å². The molecule has 1 aliphatic rings. The van der Waals surface area contributed by atoms with Gasteiger partial charge in [-0.25, -0.2) is 0 Å². The quantitative estimate of drug-likeness (QED) is 0.595. The average molecular weight is 177 g/mol. The van der Waals surface area contributed by atoms with E-state index in [-0.39, 0.29) is 6.54 Å².